The summed E-state index contributed by atoms with van der Waals surface area (Å²) in [6.07, 6.45) is 2.99. The van der Waals surface area contributed by atoms with Gasteiger partial charge in [-0.05, 0) is 44.2 Å². The average molecular weight is 226 g/mol. The number of rotatable bonds is 1. The zero-order chi connectivity index (χ0) is 11.2. The van der Waals surface area contributed by atoms with Crippen molar-refractivity contribution in [2.75, 3.05) is 0 Å². The number of nitrogens with two attached hydrogens (primary N) is 1. The molecule has 82 valence electrons. The normalized spacial score (nSPS) is 18.7. The topological polar surface area (TPSA) is 46.2 Å². The predicted octanol–water partition coefficient (Wildman–Crippen LogP) is 3.00. The molecule has 1 aliphatic carbocycles. The minimum absolute atomic E-state index is 0.177. The highest BCUT2D eigenvalue weighted by Crippen LogP contribution is 2.46. The summed E-state index contributed by atoms with van der Waals surface area (Å²) >= 11 is 6.04. The fourth-order valence-electron chi connectivity index (χ4n) is 2.38. The summed E-state index contributed by atoms with van der Waals surface area (Å²) in [5.74, 6) is 0.177. The van der Waals surface area contributed by atoms with Gasteiger partial charge in [-0.1, -0.05) is 17.7 Å². The number of halogens is 1. The van der Waals surface area contributed by atoms with E-state index in [4.69, 9.17) is 17.3 Å². The van der Waals surface area contributed by atoms with E-state index in [1.54, 1.807) is 0 Å². The Bertz CT molecular complexity index is 411. The fraction of sp³-hybridized carbons (Fsp3) is 0.500. The molecule has 0 heterocycles. The molecule has 0 atom stereocenters. The van der Waals surface area contributed by atoms with E-state index in [-0.39, 0.29) is 11.3 Å². The van der Waals surface area contributed by atoms with Crippen molar-refractivity contribution >= 4 is 11.6 Å². The van der Waals surface area contributed by atoms with Crippen LogP contribution in [0.25, 0.3) is 0 Å². The van der Waals surface area contributed by atoms with Crippen molar-refractivity contribution in [1.82, 2.24) is 0 Å². The van der Waals surface area contributed by atoms with Crippen LogP contribution in [0.3, 0.4) is 0 Å². The van der Waals surface area contributed by atoms with E-state index in [1.807, 2.05) is 19.9 Å². The maximum atomic E-state index is 10.0. The zero-order valence-corrected chi connectivity index (χ0v) is 9.86. The summed E-state index contributed by atoms with van der Waals surface area (Å²) in [5.41, 5.74) is 8.65. The monoisotopic (exact) mass is 225 g/mol. The molecule has 1 saturated carbocycles. The Hall–Kier alpha value is -0.730. The number of hydrogen-bond donors (Lipinski definition) is 2. The predicted molar refractivity (Wildman–Crippen MR) is 62.3 cm³/mol. The number of phenolic OH excluding ortho intramolecular Hbond substituents is 1. The molecule has 0 radical (unpaired) electrons. The molecule has 3 N–H and O–H groups in total. The Labute approximate surface area is 95.1 Å². The lowest BCUT2D eigenvalue weighted by molar-refractivity contribution is 0.244. The summed E-state index contributed by atoms with van der Waals surface area (Å²) in [7, 11) is 0. The molecule has 0 spiro atoms. The first kappa shape index (κ1) is 10.8. The first-order chi connectivity index (χ1) is 6.96. The van der Waals surface area contributed by atoms with Gasteiger partial charge in [-0.2, -0.15) is 0 Å². The first-order valence-electron chi connectivity index (χ1n) is 5.24. The molecule has 0 saturated heterocycles. The third-order valence-corrected chi connectivity index (χ3v) is 3.84. The molecule has 2 rings (SSSR count). The van der Waals surface area contributed by atoms with Crippen molar-refractivity contribution < 1.29 is 5.11 Å². The van der Waals surface area contributed by atoms with E-state index in [1.165, 1.54) is 0 Å². The molecule has 0 amide bonds. The number of aromatic hydroxyl groups is 1. The van der Waals surface area contributed by atoms with Gasteiger partial charge < -0.3 is 10.8 Å². The average Bonchev–Trinajstić information content (AvgIpc) is 2.11. The quantitative estimate of drug-likeness (QED) is 0.772. The second-order valence-corrected chi connectivity index (χ2v) is 4.94. The summed E-state index contributed by atoms with van der Waals surface area (Å²) in [4.78, 5) is 0. The van der Waals surface area contributed by atoms with Crippen molar-refractivity contribution in [3.63, 3.8) is 0 Å². The van der Waals surface area contributed by atoms with Gasteiger partial charge in [0.05, 0.1) is 5.02 Å². The van der Waals surface area contributed by atoms with Gasteiger partial charge >= 0.3 is 0 Å². The lowest BCUT2D eigenvalue weighted by atomic mass is 9.71. The summed E-state index contributed by atoms with van der Waals surface area (Å²) < 4.78 is 0. The van der Waals surface area contributed by atoms with Crippen molar-refractivity contribution in [3.05, 3.63) is 27.8 Å². The molecule has 0 aromatic heterocycles. The maximum absolute atomic E-state index is 10.0. The van der Waals surface area contributed by atoms with Crippen LogP contribution in [0.5, 0.6) is 5.75 Å². The third-order valence-electron chi connectivity index (χ3n) is 3.36. The standard InChI is InChI=1S/C12H16ClNO/c1-7-6-8(2)10(13)11(15)9(7)12(14)4-3-5-12/h6,15H,3-5,14H2,1-2H3. The summed E-state index contributed by atoms with van der Waals surface area (Å²) in [5, 5.41) is 10.5. The van der Waals surface area contributed by atoms with Crippen LogP contribution in [0.2, 0.25) is 5.02 Å². The van der Waals surface area contributed by atoms with Gasteiger partial charge in [0, 0.05) is 11.1 Å². The lowest BCUT2D eigenvalue weighted by Crippen LogP contribution is -2.44. The summed E-state index contributed by atoms with van der Waals surface area (Å²) in [6, 6.07) is 1.99. The Balaban J connectivity index is 2.61. The summed E-state index contributed by atoms with van der Waals surface area (Å²) in [6.45, 7) is 3.87. The van der Waals surface area contributed by atoms with Crippen molar-refractivity contribution in [1.29, 1.82) is 0 Å². The van der Waals surface area contributed by atoms with Crippen LogP contribution < -0.4 is 5.73 Å². The molecule has 0 unspecified atom stereocenters. The van der Waals surface area contributed by atoms with Crippen molar-refractivity contribution in [2.24, 2.45) is 5.73 Å². The molecule has 1 aromatic rings. The Kier molecular flexibility index (Phi) is 2.44. The van der Waals surface area contributed by atoms with Crippen molar-refractivity contribution in [3.8, 4) is 5.75 Å². The third kappa shape index (κ3) is 1.52. The van der Waals surface area contributed by atoms with Gasteiger partial charge in [0.15, 0.2) is 0 Å². The molecular formula is C12H16ClNO. The van der Waals surface area contributed by atoms with E-state index in [9.17, 15) is 5.11 Å². The van der Waals surface area contributed by atoms with Gasteiger partial charge in [0.25, 0.3) is 0 Å². The number of hydrogen-bond acceptors (Lipinski definition) is 2. The smallest absolute Gasteiger partial charge is 0.139 e. The van der Waals surface area contributed by atoms with E-state index in [2.05, 4.69) is 0 Å². The molecule has 1 fully saturated rings. The second kappa shape index (κ2) is 3.39. The molecule has 0 aliphatic heterocycles. The zero-order valence-electron chi connectivity index (χ0n) is 9.10. The van der Waals surface area contributed by atoms with Gasteiger partial charge in [-0.25, -0.2) is 0 Å². The van der Waals surface area contributed by atoms with Gasteiger partial charge in [0.1, 0.15) is 5.75 Å². The Morgan fingerprint density at radius 3 is 2.40 bits per heavy atom. The SMILES string of the molecule is Cc1cc(C)c(C2(N)CCC2)c(O)c1Cl. The highest BCUT2D eigenvalue weighted by molar-refractivity contribution is 6.33. The van der Waals surface area contributed by atoms with Crippen LogP contribution in [-0.2, 0) is 5.54 Å². The van der Waals surface area contributed by atoms with Crippen LogP contribution in [0.1, 0.15) is 36.0 Å². The van der Waals surface area contributed by atoms with Crippen molar-refractivity contribution in [2.45, 2.75) is 38.6 Å². The van der Waals surface area contributed by atoms with E-state index >= 15 is 0 Å². The van der Waals surface area contributed by atoms with E-state index < -0.39 is 0 Å². The van der Waals surface area contributed by atoms with Crippen LogP contribution in [0.4, 0.5) is 0 Å². The lowest BCUT2D eigenvalue weighted by Gasteiger charge is -2.40. The molecule has 15 heavy (non-hydrogen) atoms. The van der Waals surface area contributed by atoms with Crippen LogP contribution in [-0.4, -0.2) is 5.11 Å². The molecular weight excluding hydrogens is 210 g/mol. The van der Waals surface area contributed by atoms with Crippen LogP contribution in [0, 0.1) is 13.8 Å². The fourth-order valence-corrected chi connectivity index (χ4v) is 2.53. The largest absolute Gasteiger partial charge is 0.506 e. The highest BCUT2D eigenvalue weighted by atomic mass is 35.5. The second-order valence-electron chi connectivity index (χ2n) is 4.56. The maximum Gasteiger partial charge on any atom is 0.139 e. The molecule has 1 aromatic carbocycles. The number of aryl methyl sites for hydroxylation is 2. The number of phenols is 1. The number of benzene rings is 1. The minimum Gasteiger partial charge on any atom is -0.506 e. The molecule has 0 bridgehead atoms. The first-order valence-corrected chi connectivity index (χ1v) is 5.61. The minimum atomic E-state index is -0.356. The van der Waals surface area contributed by atoms with Crippen LogP contribution >= 0.6 is 11.6 Å². The van der Waals surface area contributed by atoms with Gasteiger partial charge in [-0.3, -0.25) is 0 Å². The molecule has 2 nitrogen and oxygen atoms in total. The highest BCUT2D eigenvalue weighted by Gasteiger charge is 2.38. The van der Waals surface area contributed by atoms with Gasteiger partial charge in [-0.15, -0.1) is 0 Å². The Morgan fingerprint density at radius 1 is 1.33 bits per heavy atom. The van der Waals surface area contributed by atoms with Gasteiger partial charge in [0.2, 0.25) is 0 Å². The Morgan fingerprint density at radius 2 is 1.93 bits per heavy atom. The van der Waals surface area contributed by atoms with E-state index in [0.717, 1.165) is 36.0 Å². The molecule has 1 aliphatic rings. The van der Waals surface area contributed by atoms with E-state index in [0.29, 0.717) is 5.02 Å². The molecule has 3 heteroatoms. The van der Waals surface area contributed by atoms with Crippen LogP contribution in [0.15, 0.2) is 6.07 Å².